The van der Waals surface area contributed by atoms with E-state index in [1.807, 2.05) is 18.5 Å². The molecule has 4 heteroatoms. The predicted octanol–water partition coefficient (Wildman–Crippen LogP) is 1.26. The number of nitrogens with zero attached hydrogens (tertiary/aromatic N) is 1. The van der Waals surface area contributed by atoms with Gasteiger partial charge in [-0.1, -0.05) is 0 Å². The van der Waals surface area contributed by atoms with E-state index in [4.69, 9.17) is 9.52 Å². The Hall–Kier alpha value is -1.84. The summed E-state index contributed by atoms with van der Waals surface area (Å²) in [4.78, 5) is 10.7. The van der Waals surface area contributed by atoms with Gasteiger partial charge >= 0.3 is 11.9 Å². The number of carbonyl (C=O) groups is 1. The van der Waals surface area contributed by atoms with Crippen LogP contribution >= 0.6 is 0 Å². The zero-order valence-corrected chi connectivity index (χ0v) is 7.94. The van der Waals surface area contributed by atoms with Gasteiger partial charge in [0, 0.05) is 6.07 Å². The lowest BCUT2D eigenvalue weighted by molar-refractivity contribution is -0.657. The lowest BCUT2D eigenvalue weighted by Gasteiger charge is -1.90. The van der Waals surface area contributed by atoms with Crippen LogP contribution in [-0.4, -0.2) is 11.1 Å². The second-order valence-electron chi connectivity index (χ2n) is 3.17. The van der Waals surface area contributed by atoms with Gasteiger partial charge in [0.1, 0.15) is 7.05 Å². The third-order valence-corrected chi connectivity index (χ3v) is 2.30. The molecule has 0 saturated heterocycles. The smallest absolute Gasteiger partial charge is 0.344 e. The van der Waals surface area contributed by atoms with Gasteiger partial charge in [-0.3, -0.25) is 0 Å². The summed E-state index contributed by atoms with van der Waals surface area (Å²) in [6.45, 7) is 1.83. The van der Waals surface area contributed by atoms with E-state index >= 15 is 0 Å². The Kier molecular flexibility index (Phi) is 1.77. The van der Waals surface area contributed by atoms with Crippen molar-refractivity contribution in [3.63, 3.8) is 0 Å². The Balaban J connectivity index is 2.76. The van der Waals surface area contributed by atoms with Crippen LogP contribution in [0, 0.1) is 6.92 Å². The number of hydrogen-bond acceptors (Lipinski definition) is 2. The Bertz CT molecular complexity index is 513. The van der Waals surface area contributed by atoms with Crippen LogP contribution in [0.2, 0.25) is 0 Å². The van der Waals surface area contributed by atoms with Gasteiger partial charge in [-0.05, 0) is 12.1 Å². The quantitative estimate of drug-likeness (QED) is 0.692. The van der Waals surface area contributed by atoms with Crippen molar-refractivity contribution in [2.75, 3.05) is 0 Å². The Labute approximate surface area is 80.4 Å². The van der Waals surface area contributed by atoms with Crippen LogP contribution in [0.3, 0.4) is 0 Å². The number of benzene rings is 1. The van der Waals surface area contributed by atoms with Crippen molar-refractivity contribution in [3.8, 4) is 0 Å². The van der Waals surface area contributed by atoms with Crippen LogP contribution < -0.4 is 4.57 Å². The Morgan fingerprint density at radius 1 is 1.50 bits per heavy atom. The van der Waals surface area contributed by atoms with Crippen molar-refractivity contribution in [2.24, 2.45) is 7.05 Å². The molecule has 0 radical (unpaired) electrons. The molecule has 1 aromatic heterocycles. The van der Waals surface area contributed by atoms with Gasteiger partial charge in [0.25, 0.3) is 5.52 Å². The molecule has 0 aliphatic rings. The van der Waals surface area contributed by atoms with Crippen LogP contribution in [0.4, 0.5) is 0 Å². The summed E-state index contributed by atoms with van der Waals surface area (Å²) in [6.07, 6.45) is 0. The summed E-state index contributed by atoms with van der Waals surface area (Å²) in [5.74, 6) is -0.173. The summed E-state index contributed by atoms with van der Waals surface area (Å²) in [5.41, 5.74) is 1.77. The average Bonchev–Trinajstić information content (AvgIpc) is 2.43. The highest BCUT2D eigenvalue weighted by Crippen LogP contribution is 2.14. The van der Waals surface area contributed by atoms with Gasteiger partial charge in [0.05, 0.1) is 12.5 Å². The second kappa shape index (κ2) is 2.83. The minimum Gasteiger partial charge on any atom is -0.478 e. The minimum absolute atomic E-state index is 0.272. The third kappa shape index (κ3) is 1.16. The predicted molar refractivity (Wildman–Crippen MR) is 49.1 cm³/mol. The number of oxazole rings is 1. The topological polar surface area (TPSA) is 54.3 Å². The van der Waals surface area contributed by atoms with E-state index in [2.05, 4.69) is 0 Å². The first-order valence-electron chi connectivity index (χ1n) is 4.22. The highest BCUT2D eigenvalue weighted by Gasteiger charge is 2.16. The summed E-state index contributed by atoms with van der Waals surface area (Å²) >= 11 is 0. The second-order valence-corrected chi connectivity index (χ2v) is 3.17. The molecule has 0 unspecified atom stereocenters. The average molecular weight is 192 g/mol. The van der Waals surface area contributed by atoms with Gasteiger partial charge in [0.15, 0.2) is 0 Å². The number of carboxylic acids is 1. The van der Waals surface area contributed by atoms with Crippen molar-refractivity contribution in [3.05, 3.63) is 29.7 Å². The first-order chi connectivity index (χ1) is 6.59. The molecule has 1 aromatic carbocycles. The number of hydrogen-bond donors (Lipinski definition) is 1. The molecule has 0 bridgehead atoms. The molecule has 0 amide bonds. The molecular formula is C10H10NO3+. The number of carboxylic acid groups (broad SMARTS) is 1. The van der Waals surface area contributed by atoms with Crippen molar-refractivity contribution < 1.29 is 18.9 Å². The molecule has 72 valence electrons. The zero-order chi connectivity index (χ0) is 10.3. The number of fused-ring (bicyclic) bond motifs is 1. The van der Waals surface area contributed by atoms with Crippen LogP contribution in [-0.2, 0) is 7.05 Å². The van der Waals surface area contributed by atoms with E-state index in [1.165, 1.54) is 6.07 Å². The number of aromatic carboxylic acids is 1. The number of aryl methyl sites for hydroxylation is 2. The van der Waals surface area contributed by atoms with E-state index in [0.29, 0.717) is 5.58 Å². The normalized spacial score (nSPS) is 10.7. The standard InChI is InChI=1S/C10H9NO3/c1-6-11(2)8-5-7(10(12)13)3-4-9(8)14-6/h3-5H,1-2H3/p+1. The van der Waals surface area contributed by atoms with E-state index in [9.17, 15) is 4.79 Å². The van der Waals surface area contributed by atoms with Crippen molar-refractivity contribution >= 4 is 17.1 Å². The number of rotatable bonds is 1. The molecule has 1 N–H and O–H groups in total. The summed E-state index contributed by atoms with van der Waals surface area (Å²) in [5, 5.41) is 8.80. The summed E-state index contributed by atoms with van der Waals surface area (Å²) < 4.78 is 7.22. The van der Waals surface area contributed by atoms with E-state index in [1.54, 1.807) is 12.1 Å². The fourth-order valence-electron chi connectivity index (χ4n) is 1.40. The van der Waals surface area contributed by atoms with Gasteiger partial charge < -0.3 is 9.52 Å². The van der Waals surface area contributed by atoms with Gasteiger partial charge in [-0.25, -0.2) is 4.79 Å². The molecule has 2 rings (SSSR count). The van der Waals surface area contributed by atoms with E-state index in [0.717, 1.165) is 11.4 Å². The zero-order valence-electron chi connectivity index (χ0n) is 7.94. The number of aromatic nitrogens is 1. The van der Waals surface area contributed by atoms with Crippen LogP contribution in [0.1, 0.15) is 16.2 Å². The molecule has 4 nitrogen and oxygen atoms in total. The lowest BCUT2D eigenvalue weighted by Crippen LogP contribution is -2.29. The first-order valence-corrected chi connectivity index (χ1v) is 4.22. The molecule has 0 aliphatic heterocycles. The van der Waals surface area contributed by atoms with E-state index < -0.39 is 5.97 Å². The van der Waals surface area contributed by atoms with Crippen molar-refractivity contribution in [2.45, 2.75) is 6.92 Å². The molecule has 1 heterocycles. The molecular weight excluding hydrogens is 182 g/mol. The summed E-state index contributed by atoms with van der Waals surface area (Å²) in [6, 6.07) is 4.81. The highest BCUT2D eigenvalue weighted by atomic mass is 16.4. The molecule has 14 heavy (non-hydrogen) atoms. The van der Waals surface area contributed by atoms with Crippen molar-refractivity contribution in [1.29, 1.82) is 0 Å². The molecule has 0 fully saturated rings. The van der Waals surface area contributed by atoms with Crippen LogP contribution in [0.5, 0.6) is 0 Å². The van der Waals surface area contributed by atoms with Gasteiger partial charge in [-0.15, -0.1) is 0 Å². The third-order valence-electron chi connectivity index (χ3n) is 2.30. The maximum Gasteiger partial charge on any atom is 0.344 e. The monoisotopic (exact) mass is 192 g/mol. The van der Waals surface area contributed by atoms with Crippen molar-refractivity contribution in [1.82, 2.24) is 0 Å². The van der Waals surface area contributed by atoms with Crippen LogP contribution in [0.25, 0.3) is 11.1 Å². The SMILES string of the molecule is Cc1oc2ccc(C(=O)O)cc2[n+]1C. The first kappa shape index (κ1) is 8.74. The molecule has 2 aromatic rings. The fourth-order valence-corrected chi connectivity index (χ4v) is 1.40. The highest BCUT2D eigenvalue weighted by molar-refractivity contribution is 5.91. The van der Waals surface area contributed by atoms with E-state index in [-0.39, 0.29) is 5.56 Å². The largest absolute Gasteiger partial charge is 0.478 e. The fraction of sp³-hybridized carbons (Fsp3) is 0.200. The molecule has 0 saturated carbocycles. The molecule has 0 spiro atoms. The maximum atomic E-state index is 10.7. The minimum atomic E-state index is -0.925. The Morgan fingerprint density at radius 2 is 2.21 bits per heavy atom. The Morgan fingerprint density at radius 3 is 2.86 bits per heavy atom. The van der Waals surface area contributed by atoms with Gasteiger partial charge in [-0.2, -0.15) is 4.57 Å². The van der Waals surface area contributed by atoms with Gasteiger partial charge in [0.2, 0.25) is 5.58 Å². The summed E-state index contributed by atoms with van der Waals surface area (Å²) in [7, 11) is 1.84. The lowest BCUT2D eigenvalue weighted by atomic mass is 10.2. The molecule has 0 aliphatic carbocycles. The maximum absolute atomic E-state index is 10.7. The molecule has 0 atom stereocenters. The van der Waals surface area contributed by atoms with Crippen LogP contribution in [0.15, 0.2) is 22.6 Å².